The predicted octanol–water partition coefficient (Wildman–Crippen LogP) is 4.86. The minimum absolute atomic E-state index is 0.200. The van der Waals surface area contributed by atoms with Gasteiger partial charge in [0.1, 0.15) is 30.1 Å². The van der Waals surface area contributed by atoms with Crippen LogP contribution in [0.3, 0.4) is 0 Å². The summed E-state index contributed by atoms with van der Waals surface area (Å²) < 4.78 is 5.71. The van der Waals surface area contributed by atoms with Crippen LogP contribution in [0, 0.1) is 11.8 Å². The lowest BCUT2D eigenvalue weighted by molar-refractivity contribution is 0.104. The van der Waals surface area contributed by atoms with Crippen LogP contribution in [0.1, 0.15) is 35.7 Å². The molecule has 1 atom stereocenters. The first-order chi connectivity index (χ1) is 17.1. The number of likely N-dealkylation sites (tertiary alicyclic amines) is 1. The summed E-state index contributed by atoms with van der Waals surface area (Å²) in [5.41, 5.74) is 1.48. The zero-order chi connectivity index (χ0) is 24.6. The van der Waals surface area contributed by atoms with Gasteiger partial charge in [-0.15, -0.1) is 5.92 Å². The van der Waals surface area contributed by atoms with Gasteiger partial charge in [-0.2, -0.15) is 0 Å². The van der Waals surface area contributed by atoms with Gasteiger partial charge in [-0.05, 0) is 63.7 Å². The molecule has 1 aliphatic rings. The van der Waals surface area contributed by atoms with E-state index in [1.54, 1.807) is 37.4 Å². The molecule has 2 aromatic heterocycles. The number of anilines is 1. The second-order valence-electron chi connectivity index (χ2n) is 8.36. The molecule has 1 fully saturated rings. The number of nitrogens with one attached hydrogen (secondary N) is 2. The van der Waals surface area contributed by atoms with E-state index in [-0.39, 0.29) is 11.8 Å². The summed E-state index contributed by atoms with van der Waals surface area (Å²) in [5.74, 6) is 6.67. The molecule has 180 valence electrons. The molecule has 0 bridgehead atoms. The normalized spacial score (nSPS) is 16.5. The van der Waals surface area contributed by atoms with Gasteiger partial charge in [0.15, 0.2) is 5.78 Å². The van der Waals surface area contributed by atoms with Crippen molar-refractivity contribution in [3.05, 3.63) is 71.2 Å². The highest BCUT2D eigenvalue weighted by molar-refractivity contribution is 6.35. The number of piperidine rings is 1. The number of aromatic amines is 1. The first-order valence-electron chi connectivity index (χ1n) is 11.5. The van der Waals surface area contributed by atoms with E-state index in [0.29, 0.717) is 45.4 Å². The minimum Gasteiger partial charge on any atom is -0.489 e. The maximum Gasteiger partial charge on any atom is 0.196 e. The third-order valence-corrected chi connectivity index (χ3v) is 6.09. The lowest BCUT2D eigenvalue weighted by Gasteiger charge is -2.30. The van der Waals surface area contributed by atoms with Crippen molar-refractivity contribution in [1.82, 2.24) is 19.9 Å². The first kappa shape index (κ1) is 24.5. The maximum absolute atomic E-state index is 13.5. The van der Waals surface area contributed by atoms with E-state index in [1.807, 2.05) is 18.2 Å². The van der Waals surface area contributed by atoms with Gasteiger partial charge in [-0.3, -0.25) is 4.79 Å². The quantitative estimate of drug-likeness (QED) is 0.267. The van der Waals surface area contributed by atoms with E-state index in [4.69, 9.17) is 16.3 Å². The van der Waals surface area contributed by atoms with Crippen LogP contribution in [0.25, 0.3) is 11.0 Å². The summed E-state index contributed by atoms with van der Waals surface area (Å²) in [5, 5.41) is 4.52. The number of hydrogen-bond donors (Lipinski definition) is 2. The van der Waals surface area contributed by atoms with Gasteiger partial charge in [-0.1, -0.05) is 29.7 Å². The third-order valence-electron chi connectivity index (χ3n) is 5.78. The average molecular weight is 490 g/mol. The van der Waals surface area contributed by atoms with Crippen molar-refractivity contribution >= 4 is 34.2 Å². The molecule has 1 unspecified atom stereocenters. The van der Waals surface area contributed by atoms with Crippen molar-refractivity contribution in [1.29, 1.82) is 0 Å². The van der Waals surface area contributed by atoms with Crippen molar-refractivity contribution < 1.29 is 9.53 Å². The number of likely N-dealkylation sites (N-methyl/N-ethyl adjacent to an activating group) is 1. The van der Waals surface area contributed by atoms with Gasteiger partial charge < -0.3 is 19.9 Å². The van der Waals surface area contributed by atoms with Crippen LogP contribution >= 0.6 is 11.6 Å². The zero-order valence-corrected chi connectivity index (χ0v) is 20.6. The molecular formula is C27H28ClN5O2. The van der Waals surface area contributed by atoms with Crippen LogP contribution in [0.4, 0.5) is 5.82 Å². The highest BCUT2D eigenvalue weighted by Gasteiger charge is 2.23. The van der Waals surface area contributed by atoms with Crippen molar-refractivity contribution in [2.24, 2.45) is 0 Å². The number of halogens is 1. The summed E-state index contributed by atoms with van der Waals surface area (Å²) in [6.07, 6.45) is 12.7. The number of carbonyl (C=O) groups excluding carboxylic acids is 1. The molecule has 0 aliphatic carbocycles. The minimum atomic E-state index is -0.200. The van der Waals surface area contributed by atoms with Crippen molar-refractivity contribution in [3.63, 3.8) is 0 Å². The topological polar surface area (TPSA) is 83.1 Å². The van der Waals surface area contributed by atoms with Crippen molar-refractivity contribution in [3.8, 4) is 17.6 Å². The Morgan fingerprint density at radius 3 is 3.03 bits per heavy atom. The number of allylic oxidation sites excluding steroid dienone is 3. The third kappa shape index (κ3) is 6.10. The highest BCUT2D eigenvalue weighted by Crippen LogP contribution is 2.30. The number of hydrogen-bond acceptors (Lipinski definition) is 6. The number of aromatic nitrogens is 3. The van der Waals surface area contributed by atoms with E-state index in [9.17, 15) is 4.79 Å². The molecule has 1 aliphatic heterocycles. The molecule has 3 aromatic rings. The summed E-state index contributed by atoms with van der Waals surface area (Å²) in [7, 11) is 2.11. The number of nitrogens with zero attached hydrogens (tertiary/aromatic N) is 3. The van der Waals surface area contributed by atoms with Crippen LogP contribution in [0.15, 0.2) is 55.0 Å². The Morgan fingerprint density at radius 1 is 1.34 bits per heavy atom. The fourth-order valence-electron chi connectivity index (χ4n) is 4.11. The second-order valence-corrected chi connectivity index (χ2v) is 8.76. The Balaban J connectivity index is 1.51. The molecular weight excluding hydrogens is 462 g/mol. The molecule has 1 saturated heterocycles. The summed E-state index contributed by atoms with van der Waals surface area (Å²) in [4.78, 5) is 27.6. The van der Waals surface area contributed by atoms with Gasteiger partial charge in [-0.25, -0.2) is 9.97 Å². The lowest BCUT2D eigenvalue weighted by Crippen LogP contribution is -2.40. The fourth-order valence-corrected chi connectivity index (χ4v) is 4.37. The maximum atomic E-state index is 13.5. The van der Waals surface area contributed by atoms with Crippen LogP contribution < -0.4 is 10.1 Å². The van der Waals surface area contributed by atoms with E-state index >= 15 is 0 Å². The SMILES string of the molecule is CC#C/C=C\C=C/COc1ccc(C(=O)c2c[nH]c3ncnc(NC4CCCN(C)C4)c23)c(Cl)c1. The second kappa shape index (κ2) is 11.7. The molecule has 7 nitrogen and oxygen atoms in total. The molecule has 8 heteroatoms. The number of ether oxygens (including phenoxy) is 1. The van der Waals surface area contributed by atoms with Crippen LogP contribution in [-0.2, 0) is 0 Å². The molecule has 35 heavy (non-hydrogen) atoms. The molecule has 2 N–H and O–H groups in total. The Kier molecular flexibility index (Phi) is 8.19. The lowest BCUT2D eigenvalue weighted by atomic mass is 10.0. The van der Waals surface area contributed by atoms with Crippen molar-refractivity contribution in [2.45, 2.75) is 25.8 Å². The summed E-state index contributed by atoms with van der Waals surface area (Å²) in [6.45, 7) is 4.17. The van der Waals surface area contributed by atoms with E-state index < -0.39 is 0 Å². The Bertz CT molecular complexity index is 1320. The number of carbonyl (C=O) groups is 1. The molecule has 0 spiro atoms. The van der Waals surface area contributed by atoms with E-state index in [0.717, 1.165) is 25.9 Å². The summed E-state index contributed by atoms with van der Waals surface area (Å²) in [6, 6.07) is 5.34. The Labute approximate surface area is 210 Å². The standard InChI is InChI=1S/C27H28ClN5O2/c1-3-4-5-6-7-8-14-35-20-11-12-21(23(28)15-20)25(34)22-16-29-26-24(22)27(31-18-30-26)32-19-10-9-13-33(2)17-19/h5-8,11-12,15-16,18-19H,9-10,13-14,17H2,1-2H3,(H2,29,30,31,32)/b6-5-,8-7-. The number of benzene rings is 1. The van der Waals surface area contributed by atoms with Gasteiger partial charge in [0.2, 0.25) is 0 Å². The Hall–Kier alpha value is -3.60. The summed E-state index contributed by atoms with van der Waals surface area (Å²) >= 11 is 6.49. The average Bonchev–Trinajstić information content (AvgIpc) is 3.29. The number of fused-ring (bicyclic) bond motifs is 1. The molecule has 0 amide bonds. The molecule has 1 aromatic carbocycles. The highest BCUT2D eigenvalue weighted by atomic mass is 35.5. The van der Waals surface area contributed by atoms with Crippen molar-refractivity contribution in [2.75, 3.05) is 32.1 Å². The first-order valence-corrected chi connectivity index (χ1v) is 11.9. The van der Waals surface area contributed by atoms with Crippen LogP contribution in [0.2, 0.25) is 5.02 Å². The van der Waals surface area contributed by atoms with Gasteiger partial charge in [0.25, 0.3) is 0 Å². The number of ketones is 1. The fraction of sp³-hybridized carbons (Fsp3) is 0.296. The molecule has 0 saturated carbocycles. The molecule has 4 rings (SSSR count). The number of H-pyrrole nitrogens is 1. The molecule has 0 radical (unpaired) electrons. The largest absolute Gasteiger partial charge is 0.489 e. The van der Waals surface area contributed by atoms with Gasteiger partial charge in [0, 0.05) is 24.3 Å². The van der Waals surface area contributed by atoms with Gasteiger partial charge in [0.05, 0.1) is 16.0 Å². The number of rotatable bonds is 8. The Morgan fingerprint density at radius 2 is 2.23 bits per heavy atom. The molecule has 3 heterocycles. The predicted molar refractivity (Wildman–Crippen MR) is 140 cm³/mol. The van der Waals surface area contributed by atoms with E-state index in [1.165, 1.54) is 6.33 Å². The van der Waals surface area contributed by atoms with E-state index in [2.05, 4.69) is 44.1 Å². The van der Waals surface area contributed by atoms with Crippen LogP contribution in [-0.4, -0.2) is 58.4 Å². The van der Waals surface area contributed by atoms with Crippen LogP contribution in [0.5, 0.6) is 5.75 Å². The monoisotopic (exact) mass is 489 g/mol. The zero-order valence-electron chi connectivity index (χ0n) is 19.8. The smallest absolute Gasteiger partial charge is 0.196 e. The van der Waals surface area contributed by atoms with Gasteiger partial charge >= 0.3 is 0 Å².